The number of thiocarbonyl (C=S) groups is 1. The first-order valence-corrected chi connectivity index (χ1v) is 6.90. The minimum Gasteiger partial charge on any atom is -0.497 e. The minimum absolute atomic E-state index is 0.0400. The molecule has 0 bridgehead atoms. The van der Waals surface area contributed by atoms with Crippen LogP contribution in [0.2, 0.25) is 0 Å². The molecule has 0 aromatic heterocycles. The van der Waals surface area contributed by atoms with Crippen molar-refractivity contribution in [2.75, 3.05) is 12.4 Å². The second kappa shape index (κ2) is 6.19. The number of methoxy groups -OCH3 is 1. The second-order valence-electron chi connectivity index (χ2n) is 4.06. The van der Waals surface area contributed by atoms with Gasteiger partial charge < -0.3 is 15.8 Å². The molecule has 3 nitrogen and oxygen atoms in total. The number of halogens is 2. The van der Waals surface area contributed by atoms with Gasteiger partial charge in [0.05, 0.1) is 7.11 Å². The monoisotopic (exact) mass is 354 g/mol. The second-order valence-corrected chi connectivity index (χ2v) is 5.42. The van der Waals surface area contributed by atoms with Crippen molar-refractivity contribution in [3.05, 3.63) is 52.3 Å². The zero-order chi connectivity index (χ0) is 14.7. The van der Waals surface area contributed by atoms with Gasteiger partial charge in [0.2, 0.25) is 0 Å². The maximum absolute atomic E-state index is 13.8. The molecule has 20 heavy (non-hydrogen) atoms. The summed E-state index contributed by atoms with van der Waals surface area (Å²) in [6, 6.07) is 10.1. The van der Waals surface area contributed by atoms with Crippen LogP contribution >= 0.6 is 28.1 Å². The van der Waals surface area contributed by atoms with Gasteiger partial charge in [-0.15, -0.1) is 0 Å². The van der Waals surface area contributed by atoms with Crippen LogP contribution in [0.3, 0.4) is 0 Å². The highest BCUT2D eigenvalue weighted by Gasteiger charge is 2.07. The first-order valence-electron chi connectivity index (χ1n) is 5.70. The van der Waals surface area contributed by atoms with Gasteiger partial charge in [-0.25, -0.2) is 4.39 Å². The Kier molecular flexibility index (Phi) is 4.57. The summed E-state index contributed by atoms with van der Waals surface area (Å²) < 4.78 is 19.8. The average Bonchev–Trinajstić information content (AvgIpc) is 2.37. The van der Waals surface area contributed by atoms with Gasteiger partial charge in [-0.05, 0) is 30.3 Å². The summed E-state index contributed by atoms with van der Waals surface area (Å²) in [6.45, 7) is 0. The van der Waals surface area contributed by atoms with Crippen molar-refractivity contribution in [2.24, 2.45) is 5.73 Å². The lowest BCUT2D eigenvalue weighted by Gasteiger charge is -2.10. The Morgan fingerprint density at radius 1 is 1.25 bits per heavy atom. The van der Waals surface area contributed by atoms with Crippen molar-refractivity contribution >= 4 is 44.5 Å². The lowest BCUT2D eigenvalue weighted by Crippen LogP contribution is -2.11. The maximum Gasteiger partial charge on any atom is 0.135 e. The summed E-state index contributed by atoms with van der Waals surface area (Å²) >= 11 is 8.15. The normalized spacial score (nSPS) is 10.2. The van der Waals surface area contributed by atoms with E-state index in [1.807, 2.05) is 18.2 Å². The maximum atomic E-state index is 13.8. The van der Waals surface area contributed by atoms with Gasteiger partial charge in [0, 0.05) is 27.5 Å². The molecule has 0 saturated carbocycles. The molecule has 3 N–H and O–H groups in total. The number of ether oxygens (including phenoxy) is 1. The van der Waals surface area contributed by atoms with Crippen molar-refractivity contribution in [1.82, 2.24) is 0 Å². The Morgan fingerprint density at radius 2 is 2.00 bits per heavy atom. The van der Waals surface area contributed by atoms with E-state index in [1.165, 1.54) is 6.07 Å². The predicted octanol–water partition coefficient (Wildman–Crippen LogP) is 3.97. The van der Waals surface area contributed by atoms with Gasteiger partial charge in [0.15, 0.2) is 0 Å². The highest BCUT2D eigenvalue weighted by Crippen LogP contribution is 2.27. The fourth-order valence-electron chi connectivity index (χ4n) is 1.71. The van der Waals surface area contributed by atoms with Crippen LogP contribution < -0.4 is 15.8 Å². The topological polar surface area (TPSA) is 47.3 Å². The van der Waals surface area contributed by atoms with Gasteiger partial charge in [0.1, 0.15) is 16.6 Å². The molecule has 0 amide bonds. The first-order chi connectivity index (χ1) is 9.49. The van der Waals surface area contributed by atoms with E-state index in [-0.39, 0.29) is 10.6 Å². The highest BCUT2D eigenvalue weighted by molar-refractivity contribution is 9.10. The Hall–Kier alpha value is -1.66. The third-order valence-electron chi connectivity index (χ3n) is 2.63. The fourth-order valence-corrected chi connectivity index (χ4v) is 2.35. The number of nitrogens with two attached hydrogens (primary N) is 1. The SMILES string of the molecule is COc1cc(Br)cc(Nc2ccc(C(N)=S)c(F)c2)c1. The van der Waals surface area contributed by atoms with E-state index in [9.17, 15) is 4.39 Å². The molecule has 0 saturated heterocycles. The van der Waals surface area contributed by atoms with E-state index in [4.69, 9.17) is 22.7 Å². The lowest BCUT2D eigenvalue weighted by atomic mass is 10.2. The third kappa shape index (κ3) is 3.46. The zero-order valence-electron chi connectivity index (χ0n) is 10.6. The molecule has 0 aliphatic heterocycles. The number of hydrogen-bond acceptors (Lipinski definition) is 3. The van der Waals surface area contributed by atoms with Crippen molar-refractivity contribution < 1.29 is 9.13 Å². The van der Waals surface area contributed by atoms with E-state index < -0.39 is 5.82 Å². The number of benzene rings is 2. The Labute approximate surface area is 130 Å². The van der Waals surface area contributed by atoms with Crippen LogP contribution in [0.4, 0.5) is 15.8 Å². The molecular weight excluding hydrogens is 343 g/mol. The molecule has 6 heteroatoms. The molecule has 0 radical (unpaired) electrons. The summed E-state index contributed by atoms with van der Waals surface area (Å²) in [7, 11) is 1.59. The van der Waals surface area contributed by atoms with E-state index in [0.717, 1.165) is 10.2 Å². The summed E-state index contributed by atoms with van der Waals surface area (Å²) in [5.74, 6) is 0.242. The predicted molar refractivity (Wildman–Crippen MR) is 86.3 cm³/mol. The van der Waals surface area contributed by atoms with Crippen molar-refractivity contribution in [3.63, 3.8) is 0 Å². The molecular formula is C14H12BrFN2OS. The van der Waals surface area contributed by atoms with Gasteiger partial charge in [-0.1, -0.05) is 28.1 Å². The Balaban J connectivity index is 2.28. The van der Waals surface area contributed by atoms with Gasteiger partial charge in [-0.3, -0.25) is 0 Å². The van der Waals surface area contributed by atoms with Gasteiger partial charge in [0.25, 0.3) is 0 Å². The van der Waals surface area contributed by atoms with Crippen molar-refractivity contribution in [2.45, 2.75) is 0 Å². The van der Waals surface area contributed by atoms with Crippen LogP contribution in [-0.2, 0) is 0 Å². The van der Waals surface area contributed by atoms with Crippen LogP contribution in [0.5, 0.6) is 5.75 Å². The molecule has 2 aromatic rings. The third-order valence-corrected chi connectivity index (χ3v) is 3.31. The molecule has 0 unspecified atom stereocenters. The van der Waals surface area contributed by atoms with E-state index in [1.54, 1.807) is 19.2 Å². The molecule has 2 rings (SSSR count). The zero-order valence-corrected chi connectivity index (χ0v) is 13.0. The van der Waals surface area contributed by atoms with Gasteiger partial charge in [-0.2, -0.15) is 0 Å². The summed E-state index contributed by atoms with van der Waals surface area (Å²) in [6.07, 6.45) is 0. The Bertz CT molecular complexity index is 664. The summed E-state index contributed by atoms with van der Waals surface area (Å²) in [5, 5.41) is 3.09. The average molecular weight is 355 g/mol. The fraction of sp³-hybridized carbons (Fsp3) is 0.0714. The largest absolute Gasteiger partial charge is 0.497 e. The lowest BCUT2D eigenvalue weighted by molar-refractivity contribution is 0.415. The number of rotatable bonds is 4. The molecule has 0 aliphatic rings. The quantitative estimate of drug-likeness (QED) is 0.815. The number of hydrogen-bond donors (Lipinski definition) is 2. The Morgan fingerprint density at radius 3 is 2.60 bits per heavy atom. The first kappa shape index (κ1) is 14.7. The highest BCUT2D eigenvalue weighted by atomic mass is 79.9. The van der Waals surface area contributed by atoms with Crippen molar-refractivity contribution in [1.29, 1.82) is 0 Å². The number of nitrogens with one attached hydrogen (secondary N) is 1. The molecule has 0 aliphatic carbocycles. The van der Waals surface area contributed by atoms with Crippen LogP contribution in [0, 0.1) is 5.82 Å². The van der Waals surface area contributed by atoms with Crippen molar-refractivity contribution in [3.8, 4) is 5.75 Å². The van der Waals surface area contributed by atoms with Crippen LogP contribution in [0.15, 0.2) is 40.9 Å². The molecule has 0 spiro atoms. The molecule has 0 atom stereocenters. The molecule has 0 fully saturated rings. The standard InChI is InChI=1S/C14H12BrFN2OS/c1-19-11-5-8(15)4-10(6-11)18-9-2-3-12(14(17)20)13(16)7-9/h2-7,18H,1H3,(H2,17,20). The minimum atomic E-state index is -0.454. The molecule has 104 valence electrons. The summed E-state index contributed by atoms with van der Waals surface area (Å²) in [5.41, 5.74) is 7.03. The molecule has 0 heterocycles. The van der Waals surface area contributed by atoms with Gasteiger partial charge >= 0.3 is 0 Å². The smallest absolute Gasteiger partial charge is 0.135 e. The van der Waals surface area contributed by atoms with E-state index in [0.29, 0.717) is 11.4 Å². The summed E-state index contributed by atoms with van der Waals surface area (Å²) in [4.78, 5) is 0.0400. The number of anilines is 2. The van der Waals surface area contributed by atoms with E-state index in [2.05, 4.69) is 21.2 Å². The van der Waals surface area contributed by atoms with Crippen LogP contribution in [0.25, 0.3) is 0 Å². The molecule has 2 aromatic carbocycles. The van der Waals surface area contributed by atoms with Crippen LogP contribution in [0.1, 0.15) is 5.56 Å². The van der Waals surface area contributed by atoms with E-state index >= 15 is 0 Å². The van der Waals surface area contributed by atoms with Crippen LogP contribution in [-0.4, -0.2) is 12.1 Å².